The highest BCUT2D eigenvalue weighted by molar-refractivity contribution is 5.67. The Labute approximate surface area is 204 Å². The summed E-state index contributed by atoms with van der Waals surface area (Å²) in [5.74, 6) is -3.27. The van der Waals surface area contributed by atoms with Crippen LogP contribution in [-0.4, -0.2) is 91.2 Å². The lowest BCUT2D eigenvalue weighted by Gasteiger charge is -2.48. The van der Waals surface area contributed by atoms with Crippen LogP contribution in [0, 0.1) is 11.8 Å². The Bertz CT molecular complexity index is 766. The monoisotopic (exact) mass is 504 g/mol. The Morgan fingerprint density at radius 1 is 0.686 bits per heavy atom. The predicted octanol–water partition coefficient (Wildman–Crippen LogP) is 0.507. The summed E-state index contributed by atoms with van der Waals surface area (Å²) in [5, 5.41) is 10.7. The lowest BCUT2D eigenvalue weighted by molar-refractivity contribution is -0.329. The van der Waals surface area contributed by atoms with Gasteiger partial charge in [-0.1, -0.05) is 13.8 Å². The van der Waals surface area contributed by atoms with Gasteiger partial charge in [0.25, 0.3) is 0 Å². The first-order valence-corrected chi connectivity index (χ1v) is 11.6. The van der Waals surface area contributed by atoms with Crippen LogP contribution in [0.3, 0.4) is 0 Å². The van der Waals surface area contributed by atoms with Gasteiger partial charge >= 0.3 is 23.9 Å². The molecule has 0 radical (unpaired) electrons. The highest BCUT2D eigenvalue weighted by atomic mass is 16.7. The summed E-state index contributed by atoms with van der Waals surface area (Å²) >= 11 is 0. The van der Waals surface area contributed by atoms with Gasteiger partial charge in [0, 0.05) is 39.5 Å². The van der Waals surface area contributed by atoms with Crippen molar-refractivity contribution >= 4 is 23.9 Å². The molecule has 0 aromatic heterocycles. The summed E-state index contributed by atoms with van der Waals surface area (Å²) in [7, 11) is 0. The summed E-state index contributed by atoms with van der Waals surface area (Å²) < 4.78 is 39.2. The Morgan fingerprint density at radius 2 is 1.20 bits per heavy atom. The van der Waals surface area contributed by atoms with E-state index in [1.807, 2.05) is 0 Å². The molecule has 0 amide bonds. The molecule has 0 aromatic rings. The molecule has 2 aliphatic rings. The van der Waals surface area contributed by atoms with Gasteiger partial charge in [0.15, 0.2) is 12.4 Å². The van der Waals surface area contributed by atoms with Gasteiger partial charge < -0.3 is 38.3 Å². The molecule has 0 aliphatic carbocycles. The van der Waals surface area contributed by atoms with Gasteiger partial charge in [-0.2, -0.15) is 0 Å². The third-order valence-electron chi connectivity index (χ3n) is 6.07. The summed E-state index contributed by atoms with van der Waals surface area (Å²) in [5.41, 5.74) is 0. The Balaban J connectivity index is 2.34. The first-order chi connectivity index (χ1) is 16.3. The van der Waals surface area contributed by atoms with E-state index in [-0.39, 0.29) is 13.2 Å². The van der Waals surface area contributed by atoms with Crippen LogP contribution < -0.4 is 0 Å². The maximum atomic E-state index is 11.8. The zero-order chi connectivity index (χ0) is 26.4. The number of aliphatic hydroxyl groups excluding tert-OH is 1. The number of hydrogen-bond acceptors (Lipinski definition) is 12. The molecule has 5 unspecified atom stereocenters. The Kier molecular flexibility index (Phi) is 10.4. The molecule has 2 rings (SSSR count). The van der Waals surface area contributed by atoms with Gasteiger partial charge in [-0.3, -0.25) is 19.2 Å². The number of esters is 4. The number of aliphatic hydroxyl groups is 1. The number of carbonyl (C=O) groups excluding carboxylic acids is 4. The number of ether oxygens (including phenoxy) is 7. The van der Waals surface area contributed by atoms with Crippen LogP contribution in [0.1, 0.15) is 48.5 Å². The third kappa shape index (κ3) is 7.86. The molecule has 0 bridgehead atoms. The van der Waals surface area contributed by atoms with E-state index in [1.165, 1.54) is 27.7 Å². The van der Waals surface area contributed by atoms with Crippen LogP contribution in [0.15, 0.2) is 0 Å². The van der Waals surface area contributed by atoms with Crippen molar-refractivity contribution in [2.75, 3.05) is 13.2 Å². The maximum Gasteiger partial charge on any atom is 0.303 e. The largest absolute Gasteiger partial charge is 0.463 e. The number of carbonyl (C=O) groups is 4. The van der Waals surface area contributed by atoms with E-state index in [9.17, 15) is 24.3 Å². The molecule has 2 fully saturated rings. The number of rotatable bonds is 8. The fourth-order valence-corrected chi connectivity index (χ4v) is 4.39. The third-order valence-corrected chi connectivity index (χ3v) is 6.07. The summed E-state index contributed by atoms with van der Waals surface area (Å²) in [4.78, 5) is 46.2. The predicted molar refractivity (Wildman–Crippen MR) is 117 cm³/mol. The van der Waals surface area contributed by atoms with Crippen molar-refractivity contribution in [2.24, 2.45) is 11.8 Å². The van der Waals surface area contributed by atoms with Crippen molar-refractivity contribution in [2.45, 2.75) is 97.5 Å². The minimum atomic E-state index is -1.19. The zero-order valence-corrected chi connectivity index (χ0v) is 21.1. The second-order valence-electron chi connectivity index (χ2n) is 8.99. The summed E-state index contributed by atoms with van der Waals surface area (Å²) in [6.45, 7) is 9.78. The molecular weight excluding hydrogens is 468 g/mol. The lowest BCUT2D eigenvalue weighted by Crippen LogP contribution is -2.61. The molecule has 0 spiro atoms. The van der Waals surface area contributed by atoms with E-state index in [1.54, 1.807) is 20.8 Å². The SMILES string of the molecule is CC(=O)OCC1OC(C)C(OC(C)=O)[C@@H](C)[C@@H]1O[C@@H]1OC(COC(C)=O)[C@H](O)[C@H](C)C1OC(C)=O. The molecule has 0 saturated carbocycles. The topological polar surface area (TPSA) is 153 Å². The van der Waals surface area contributed by atoms with Crippen LogP contribution >= 0.6 is 0 Å². The standard InChI is InChI=1S/C23H36O12/c1-10-19(28)17(8-29-13(4)24)34-23(22(10)33-16(7)27)35-21-11(2)20(32-15(6)26)12(3)31-18(21)9-30-14(5)25/h10-12,17-23,28H,8-9H2,1-7H3/t10-,11+,12?,17?,18?,19+,20?,21-,22?,23-/m0/s1. The van der Waals surface area contributed by atoms with Gasteiger partial charge in [-0.15, -0.1) is 0 Å². The van der Waals surface area contributed by atoms with E-state index in [0.717, 1.165) is 0 Å². The van der Waals surface area contributed by atoms with Crippen molar-refractivity contribution in [1.29, 1.82) is 0 Å². The summed E-state index contributed by atoms with van der Waals surface area (Å²) in [6.07, 6.45) is -7.07. The molecule has 2 aliphatic heterocycles. The Morgan fingerprint density at radius 3 is 1.71 bits per heavy atom. The fourth-order valence-electron chi connectivity index (χ4n) is 4.39. The second kappa shape index (κ2) is 12.6. The van der Waals surface area contributed by atoms with Crippen LogP contribution in [0.4, 0.5) is 0 Å². The van der Waals surface area contributed by atoms with Crippen molar-refractivity contribution in [3.8, 4) is 0 Å². The van der Waals surface area contributed by atoms with Crippen LogP contribution in [-0.2, 0) is 52.3 Å². The molecule has 35 heavy (non-hydrogen) atoms. The molecule has 1 N–H and O–H groups in total. The average molecular weight is 505 g/mol. The van der Waals surface area contributed by atoms with Crippen molar-refractivity contribution < 1.29 is 57.4 Å². The second-order valence-corrected chi connectivity index (χ2v) is 8.99. The van der Waals surface area contributed by atoms with Crippen LogP contribution in [0.2, 0.25) is 0 Å². The lowest BCUT2D eigenvalue weighted by atomic mass is 9.87. The first-order valence-electron chi connectivity index (χ1n) is 11.6. The normalized spacial score (nSPS) is 37.1. The molecule has 2 heterocycles. The van der Waals surface area contributed by atoms with E-state index < -0.39 is 84.7 Å². The number of hydrogen-bond donors (Lipinski definition) is 1. The molecule has 12 heteroatoms. The van der Waals surface area contributed by atoms with E-state index in [0.29, 0.717) is 0 Å². The van der Waals surface area contributed by atoms with Gasteiger partial charge in [0.1, 0.15) is 31.5 Å². The van der Waals surface area contributed by atoms with Gasteiger partial charge in [-0.05, 0) is 6.92 Å². The van der Waals surface area contributed by atoms with E-state index in [2.05, 4.69) is 0 Å². The minimum Gasteiger partial charge on any atom is -0.463 e. The van der Waals surface area contributed by atoms with Gasteiger partial charge in [0.2, 0.25) is 0 Å². The highest BCUT2D eigenvalue weighted by Gasteiger charge is 2.51. The minimum absolute atomic E-state index is 0.137. The maximum absolute atomic E-state index is 11.8. The zero-order valence-electron chi connectivity index (χ0n) is 21.1. The molecule has 200 valence electrons. The highest BCUT2D eigenvalue weighted by Crippen LogP contribution is 2.36. The quantitative estimate of drug-likeness (QED) is 0.362. The summed E-state index contributed by atoms with van der Waals surface area (Å²) in [6, 6.07) is 0. The fraction of sp³-hybridized carbons (Fsp3) is 0.826. The van der Waals surface area contributed by atoms with Gasteiger partial charge in [0.05, 0.1) is 18.3 Å². The Hall–Kier alpha value is -2.28. The van der Waals surface area contributed by atoms with Crippen LogP contribution in [0.5, 0.6) is 0 Å². The molecular formula is C23H36O12. The smallest absolute Gasteiger partial charge is 0.303 e. The molecule has 10 atom stereocenters. The van der Waals surface area contributed by atoms with E-state index in [4.69, 9.17) is 33.2 Å². The van der Waals surface area contributed by atoms with E-state index >= 15 is 0 Å². The molecule has 12 nitrogen and oxygen atoms in total. The van der Waals surface area contributed by atoms with Crippen molar-refractivity contribution in [3.05, 3.63) is 0 Å². The molecule has 2 saturated heterocycles. The van der Waals surface area contributed by atoms with Gasteiger partial charge in [-0.25, -0.2) is 0 Å². The average Bonchev–Trinajstić information content (AvgIpc) is 2.75. The van der Waals surface area contributed by atoms with Crippen molar-refractivity contribution in [3.63, 3.8) is 0 Å². The van der Waals surface area contributed by atoms with Crippen LogP contribution in [0.25, 0.3) is 0 Å². The molecule has 0 aromatic carbocycles. The van der Waals surface area contributed by atoms with Crippen molar-refractivity contribution in [1.82, 2.24) is 0 Å². The first kappa shape index (κ1) is 29.0.